The van der Waals surface area contributed by atoms with Crippen LogP contribution in [0.4, 0.5) is 0 Å². The summed E-state index contributed by atoms with van der Waals surface area (Å²) >= 11 is 0. The van der Waals surface area contributed by atoms with Crippen LogP contribution in [-0.2, 0) is 6.42 Å². The van der Waals surface area contributed by atoms with Crippen molar-refractivity contribution >= 4 is 0 Å². The second-order valence-electron chi connectivity index (χ2n) is 6.22. The minimum atomic E-state index is -0.287. The van der Waals surface area contributed by atoms with Gasteiger partial charge in [-0.3, -0.25) is 4.98 Å². The number of nitrogens with zero attached hydrogens (tertiary/aromatic N) is 1. The number of pyridine rings is 1. The Hall–Kier alpha value is -2.49. The molecule has 0 saturated carbocycles. The lowest BCUT2D eigenvalue weighted by atomic mass is 10.1. The molecule has 144 valence electrons. The third kappa shape index (κ3) is 9.69. The molecule has 1 unspecified atom stereocenters. The molecule has 0 radical (unpaired) electrons. The highest BCUT2D eigenvalue weighted by atomic mass is 16.3. The molecular formula is C24H32N2O. The predicted molar refractivity (Wildman–Crippen MR) is 116 cm³/mol. The van der Waals surface area contributed by atoms with Crippen molar-refractivity contribution in [3.8, 4) is 11.3 Å². The molecule has 0 aliphatic rings. The zero-order valence-electron chi connectivity index (χ0n) is 16.7. The second kappa shape index (κ2) is 13.7. The lowest BCUT2D eigenvalue weighted by Gasteiger charge is -2.01. The van der Waals surface area contributed by atoms with E-state index in [4.69, 9.17) is 10.8 Å². The first-order valence-corrected chi connectivity index (χ1v) is 9.50. The molecule has 0 saturated heterocycles. The normalized spacial score (nSPS) is 10.7. The van der Waals surface area contributed by atoms with E-state index in [-0.39, 0.29) is 6.10 Å². The Morgan fingerprint density at radius 2 is 1.52 bits per heavy atom. The molecule has 1 heterocycles. The van der Waals surface area contributed by atoms with E-state index in [0.29, 0.717) is 6.54 Å². The van der Waals surface area contributed by atoms with Gasteiger partial charge in [-0.25, -0.2) is 0 Å². The number of aliphatic hydroxyl groups is 1. The third-order valence-electron chi connectivity index (χ3n) is 4.01. The Balaban J connectivity index is 0.000000235. The first-order chi connectivity index (χ1) is 13.1. The van der Waals surface area contributed by atoms with E-state index in [1.807, 2.05) is 49.5 Å². The Kier molecular flexibility index (Phi) is 11.4. The van der Waals surface area contributed by atoms with Crippen molar-refractivity contribution in [2.24, 2.45) is 5.73 Å². The summed E-state index contributed by atoms with van der Waals surface area (Å²) in [6.07, 6.45) is 3.38. The monoisotopic (exact) mass is 364 g/mol. The van der Waals surface area contributed by atoms with Gasteiger partial charge in [0.05, 0.1) is 11.8 Å². The Morgan fingerprint density at radius 3 is 1.89 bits per heavy atom. The molecule has 3 aromatic rings. The van der Waals surface area contributed by atoms with E-state index in [0.717, 1.165) is 18.5 Å². The van der Waals surface area contributed by atoms with Crippen LogP contribution in [-0.4, -0.2) is 22.7 Å². The van der Waals surface area contributed by atoms with Crippen LogP contribution in [0, 0.1) is 6.92 Å². The Bertz CT molecular complexity index is 708. The number of aliphatic hydroxyl groups excluding tert-OH is 1. The van der Waals surface area contributed by atoms with E-state index >= 15 is 0 Å². The van der Waals surface area contributed by atoms with Crippen molar-refractivity contribution < 1.29 is 5.11 Å². The van der Waals surface area contributed by atoms with Crippen molar-refractivity contribution in [3.05, 3.63) is 90.1 Å². The van der Waals surface area contributed by atoms with E-state index in [1.54, 1.807) is 0 Å². The molecule has 3 rings (SSSR count). The maximum absolute atomic E-state index is 8.54. The molecule has 0 aliphatic carbocycles. The van der Waals surface area contributed by atoms with Gasteiger partial charge in [-0.1, -0.05) is 80.1 Å². The molecule has 1 aromatic heterocycles. The topological polar surface area (TPSA) is 59.1 Å². The smallest absolute Gasteiger partial charge is 0.0701 e. The van der Waals surface area contributed by atoms with Crippen LogP contribution in [0.3, 0.4) is 0 Å². The highest BCUT2D eigenvalue weighted by Crippen LogP contribution is 2.16. The van der Waals surface area contributed by atoms with Crippen LogP contribution < -0.4 is 5.73 Å². The standard InChI is InChI=1S/C13H13N.C7H8.C4H11NO/c1-2-11-6-8-12(9-7-11)13-5-3-4-10-14-13;1-7-5-3-2-4-6-7;1-2-4(6)3-5/h3-10H,2H2,1H3;2-6H,1H3;4,6H,2-3,5H2,1H3. The van der Waals surface area contributed by atoms with E-state index < -0.39 is 0 Å². The average molecular weight is 365 g/mol. The quantitative estimate of drug-likeness (QED) is 0.683. The van der Waals surface area contributed by atoms with Gasteiger partial charge in [0.15, 0.2) is 0 Å². The molecule has 1 atom stereocenters. The van der Waals surface area contributed by atoms with Crippen LogP contribution in [0.1, 0.15) is 31.4 Å². The van der Waals surface area contributed by atoms with Crippen molar-refractivity contribution in [2.45, 2.75) is 39.7 Å². The van der Waals surface area contributed by atoms with Crippen LogP contribution in [0.2, 0.25) is 0 Å². The van der Waals surface area contributed by atoms with Gasteiger partial charge in [0.25, 0.3) is 0 Å². The number of aromatic nitrogens is 1. The van der Waals surface area contributed by atoms with Crippen LogP contribution in [0.25, 0.3) is 11.3 Å². The summed E-state index contributed by atoms with van der Waals surface area (Å²) in [6.45, 7) is 6.53. The van der Waals surface area contributed by atoms with Crippen LogP contribution in [0.5, 0.6) is 0 Å². The van der Waals surface area contributed by atoms with Crippen LogP contribution >= 0.6 is 0 Å². The summed E-state index contributed by atoms with van der Waals surface area (Å²) in [5.41, 5.74) is 9.94. The molecule has 0 amide bonds. The second-order valence-corrected chi connectivity index (χ2v) is 6.22. The fourth-order valence-electron chi connectivity index (χ4n) is 2.15. The Labute approximate surface area is 163 Å². The Morgan fingerprint density at radius 1 is 0.889 bits per heavy atom. The maximum atomic E-state index is 8.54. The largest absolute Gasteiger partial charge is 0.392 e. The minimum absolute atomic E-state index is 0.287. The summed E-state index contributed by atoms with van der Waals surface area (Å²) in [5, 5.41) is 8.54. The lowest BCUT2D eigenvalue weighted by molar-refractivity contribution is 0.179. The lowest BCUT2D eigenvalue weighted by Crippen LogP contribution is -2.17. The number of hydrogen-bond acceptors (Lipinski definition) is 3. The summed E-state index contributed by atoms with van der Waals surface area (Å²) in [7, 11) is 0. The zero-order valence-corrected chi connectivity index (χ0v) is 16.7. The molecule has 27 heavy (non-hydrogen) atoms. The van der Waals surface area contributed by atoms with E-state index in [9.17, 15) is 0 Å². The third-order valence-corrected chi connectivity index (χ3v) is 4.01. The van der Waals surface area contributed by atoms with Crippen molar-refractivity contribution in [3.63, 3.8) is 0 Å². The molecular weight excluding hydrogens is 332 g/mol. The van der Waals surface area contributed by atoms with Gasteiger partial charge in [0.1, 0.15) is 0 Å². The minimum Gasteiger partial charge on any atom is -0.392 e. The summed E-state index contributed by atoms with van der Waals surface area (Å²) in [5.74, 6) is 0. The molecule has 0 spiro atoms. The number of aryl methyl sites for hydroxylation is 2. The summed E-state index contributed by atoms with van der Waals surface area (Å²) < 4.78 is 0. The van der Waals surface area contributed by atoms with Gasteiger partial charge in [-0.05, 0) is 37.5 Å². The van der Waals surface area contributed by atoms with E-state index in [1.165, 1.54) is 16.7 Å². The predicted octanol–water partition coefficient (Wildman–Crippen LogP) is 5.02. The highest BCUT2D eigenvalue weighted by Gasteiger charge is 1.96. The van der Waals surface area contributed by atoms with Gasteiger partial charge < -0.3 is 10.8 Å². The van der Waals surface area contributed by atoms with Gasteiger partial charge >= 0.3 is 0 Å². The first-order valence-electron chi connectivity index (χ1n) is 9.50. The fourth-order valence-corrected chi connectivity index (χ4v) is 2.15. The van der Waals surface area contributed by atoms with Gasteiger partial charge in [-0.2, -0.15) is 0 Å². The van der Waals surface area contributed by atoms with Gasteiger partial charge in [-0.15, -0.1) is 0 Å². The molecule has 0 aliphatic heterocycles. The number of rotatable bonds is 4. The van der Waals surface area contributed by atoms with Gasteiger partial charge in [0.2, 0.25) is 0 Å². The van der Waals surface area contributed by atoms with E-state index in [2.05, 4.69) is 55.2 Å². The zero-order chi connectivity index (χ0) is 19.9. The van der Waals surface area contributed by atoms with Crippen molar-refractivity contribution in [2.75, 3.05) is 6.54 Å². The molecule has 0 bridgehead atoms. The fraction of sp³-hybridized carbons (Fsp3) is 0.292. The number of benzene rings is 2. The molecule has 3 heteroatoms. The molecule has 0 fully saturated rings. The van der Waals surface area contributed by atoms with Crippen molar-refractivity contribution in [1.82, 2.24) is 4.98 Å². The van der Waals surface area contributed by atoms with Gasteiger partial charge in [0, 0.05) is 18.3 Å². The van der Waals surface area contributed by atoms with Crippen molar-refractivity contribution in [1.29, 1.82) is 0 Å². The molecule has 2 aromatic carbocycles. The molecule has 3 N–H and O–H groups in total. The summed E-state index contributed by atoms with van der Waals surface area (Å²) in [6, 6.07) is 24.8. The van der Waals surface area contributed by atoms with Crippen LogP contribution in [0.15, 0.2) is 79.0 Å². The molecule has 3 nitrogen and oxygen atoms in total. The first kappa shape index (κ1) is 22.6. The summed E-state index contributed by atoms with van der Waals surface area (Å²) in [4.78, 5) is 4.30. The number of nitrogens with two attached hydrogens (primary N) is 1. The average Bonchev–Trinajstić information content (AvgIpc) is 2.75. The highest BCUT2D eigenvalue weighted by molar-refractivity contribution is 5.58. The maximum Gasteiger partial charge on any atom is 0.0701 e. The SMILES string of the molecule is CCC(O)CN.CCc1ccc(-c2ccccn2)cc1.Cc1ccccc1. The number of hydrogen-bond donors (Lipinski definition) is 2.